The molecule has 0 radical (unpaired) electrons. The van der Waals surface area contributed by atoms with Gasteiger partial charge >= 0.3 is 0 Å². The molecule has 36 heavy (non-hydrogen) atoms. The molecule has 3 aromatic rings. The fourth-order valence-electron chi connectivity index (χ4n) is 4.31. The number of amides is 1. The van der Waals surface area contributed by atoms with E-state index in [-0.39, 0.29) is 5.56 Å². The average Bonchev–Trinajstić information content (AvgIpc) is 2.91. The monoisotopic (exact) mass is 490 g/mol. The number of piperazine rings is 1. The van der Waals surface area contributed by atoms with Gasteiger partial charge in [0.05, 0.1) is 18.9 Å². The van der Waals surface area contributed by atoms with E-state index in [9.17, 15) is 9.59 Å². The SMILES string of the molecule is CN1CCN(c2ccc(NC(=O)c3c(Nc4ccc(N5CCOCC5)nn4)cc[nH]c3=O)cc2)CC1. The Balaban J connectivity index is 1.27. The van der Waals surface area contributed by atoms with Crippen LogP contribution in [0, 0.1) is 0 Å². The summed E-state index contributed by atoms with van der Waals surface area (Å²) in [5, 5.41) is 14.4. The topological polar surface area (TPSA) is 119 Å². The van der Waals surface area contributed by atoms with Gasteiger partial charge in [0, 0.05) is 56.8 Å². The zero-order valence-corrected chi connectivity index (χ0v) is 20.2. The van der Waals surface area contributed by atoms with Gasteiger partial charge in [0.25, 0.3) is 11.5 Å². The normalized spacial score (nSPS) is 16.6. The second-order valence-electron chi connectivity index (χ2n) is 8.89. The summed E-state index contributed by atoms with van der Waals surface area (Å²) in [6, 6.07) is 12.9. The minimum Gasteiger partial charge on any atom is -0.378 e. The molecular weight excluding hydrogens is 460 g/mol. The zero-order chi connectivity index (χ0) is 24.9. The number of hydrogen-bond donors (Lipinski definition) is 3. The highest BCUT2D eigenvalue weighted by Gasteiger charge is 2.19. The summed E-state index contributed by atoms with van der Waals surface area (Å²) >= 11 is 0. The van der Waals surface area contributed by atoms with Crippen molar-refractivity contribution in [2.24, 2.45) is 0 Å². The number of likely N-dealkylation sites (N-methyl/N-ethyl adjacent to an activating group) is 1. The molecule has 0 unspecified atom stereocenters. The van der Waals surface area contributed by atoms with E-state index in [1.54, 1.807) is 12.1 Å². The Bertz CT molecular complexity index is 1230. The Labute approximate surface area is 209 Å². The smallest absolute Gasteiger partial charge is 0.263 e. The van der Waals surface area contributed by atoms with Crippen molar-refractivity contribution < 1.29 is 9.53 Å². The van der Waals surface area contributed by atoms with Crippen molar-refractivity contribution in [3.8, 4) is 0 Å². The number of aromatic nitrogens is 3. The van der Waals surface area contributed by atoms with Gasteiger partial charge in [0.15, 0.2) is 11.6 Å². The lowest BCUT2D eigenvalue weighted by molar-refractivity contribution is 0.102. The van der Waals surface area contributed by atoms with Crippen molar-refractivity contribution in [3.63, 3.8) is 0 Å². The van der Waals surface area contributed by atoms with Gasteiger partial charge < -0.3 is 35.1 Å². The number of carbonyl (C=O) groups excluding carboxylic acids is 1. The second-order valence-corrected chi connectivity index (χ2v) is 8.89. The number of pyridine rings is 1. The first-order valence-electron chi connectivity index (χ1n) is 12.1. The lowest BCUT2D eigenvalue weighted by Crippen LogP contribution is -2.44. The molecule has 2 aliphatic rings. The number of rotatable bonds is 6. The molecule has 11 nitrogen and oxygen atoms in total. The van der Waals surface area contributed by atoms with E-state index in [4.69, 9.17) is 4.74 Å². The molecule has 0 saturated carbocycles. The number of benzene rings is 1. The lowest BCUT2D eigenvalue weighted by Gasteiger charge is -2.34. The zero-order valence-electron chi connectivity index (χ0n) is 20.2. The minimum absolute atomic E-state index is 0.0281. The van der Waals surface area contributed by atoms with Crippen LogP contribution in [0.4, 0.5) is 28.7 Å². The fourth-order valence-corrected chi connectivity index (χ4v) is 4.31. The van der Waals surface area contributed by atoms with Crippen LogP contribution in [-0.4, -0.2) is 85.5 Å². The molecule has 2 saturated heterocycles. The van der Waals surface area contributed by atoms with E-state index in [0.717, 1.165) is 50.8 Å². The molecule has 1 aromatic carbocycles. The number of anilines is 5. The molecule has 0 atom stereocenters. The Morgan fingerprint density at radius 1 is 0.917 bits per heavy atom. The van der Waals surface area contributed by atoms with Crippen molar-refractivity contribution in [1.82, 2.24) is 20.1 Å². The Kier molecular flexibility index (Phi) is 7.10. The molecule has 11 heteroatoms. The first-order valence-corrected chi connectivity index (χ1v) is 12.1. The van der Waals surface area contributed by atoms with Gasteiger partial charge in [-0.2, -0.15) is 0 Å². The van der Waals surface area contributed by atoms with Crippen LogP contribution in [0.1, 0.15) is 10.4 Å². The molecule has 2 aromatic heterocycles. The van der Waals surface area contributed by atoms with E-state index >= 15 is 0 Å². The standard InChI is InChI=1S/C25H30N8O3/c1-31-10-12-32(13-11-31)19-4-2-18(3-5-19)27-25(35)23-20(8-9-26-24(23)34)28-21-6-7-22(30-29-21)33-14-16-36-17-15-33/h2-9H,10-17H2,1H3,(H,27,35)(H2,26,28,29,34). The average molecular weight is 491 g/mol. The number of carbonyl (C=O) groups is 1. The van der Waals surface area contributed by atoms with E-state index in [0.29, 0.717) is 30.4 Å². The molecule has 2 aliphatic heterocycles. The first-order chi connectivity index (χ1) is 17.6. The summed E-state index contributed by atoms with van der Waals surface area (Å²) in [5.74, 6) is 0.681. The maximum Gasteiger partial charge on any atom is 0.263 e. The van der Waals surface area contributed by atoms with Gasteiger partial charge in [-0.1, -0.05) is 0 Å². The van der Waals surface area contributed by atoms with E-state index in [2.05, 4.69) is 47.6 Å². The molecule has 3 N–H and O–H groups in total. The van der Waals surface area contributed by atoms with Crippen LogP contribution >= 0.6 is 0 Å². The van der Waals surface area contributed by atoms with Gasteiger partial charge in [-0.05, 0) is 49.5 Å². The number of ether oxygens (including phenoxy) is 1. The summed E-state index contributed by atoms with van der Waals surface area (Å²) in [6.45, 7) is 6.81. The van der Waals surface area contributed by atoms with E-state index in [1.165, 1.54) is 6.20 Å². The molecule has 4 heterocycles. The Morgan fingerprint density at radius 3 is 2.36 bits per heavy atom. The van der Waals surface area contributed by atoms with Gasteiger partial charge in [0.2, 0.25) is 0 Å². The summed E-state index contributed by atoms with van der Waals surface area (Å²) in [6.07, 6.45) is 1.49. The summed E-state index contributed by atoms with van der Waals surface area (Å²) in [5.41, 5.74) is 1.55. The summed E-state index contributed by atoms with van der Waals surface area (Å²) in [7, 11) is 2.12. The van der Waals surface area contributed by atoms with Crippen LogP contribution in [0.3, 0.4) is 0 Å². The second kappa shape index (κ2) is 10.8. The molecule has 5 rings (SSSR count). The third-order valence-corrected chi connectivity index (χ3v) is 6.43. The van der Waals surface area contributed by atoms with Crippen molar-refractivity contribution in [1.29, 1.82) is 0 Å². The third-order valence-electron chi connectivity index (χ3n) is 6.43. The third kappa shape index (κ3) is 5.47. The van der Waals surface area contributed by atoms with Crippen LogP contribution in [0.15, 0.2) is 53.5 Å². The van der Waals surface area contributed by atoms with Gasteiger partial charge in [-0.25, -0.2) is 0 Å². The fraction of sp³-hybridized carbons (Fsp3) is 0.360. The van der Waals surface area contributed by atoms with Crippen LogP contribution in [0.2, 0.25) is 0 Å². The predicted octanol–water partition coefficient (Wildman–Crippen LogP) is 1.75. The maximum absolute atomic E-state index is 13.1. The van der Waals surface area contributed by atoms with Gasteiger partial charge in [-0.15, -0.1) is 10.2 Å². The van der Waals surface area contributed by atoms with Crippen LogP contribution in [0.5, 0.6) is 0 Å². The molecule has 1 amide bonds. The Hall–Kier alpha value is -3.96. The van der Waals surface area contributed by atoms with Crippen LogP contribution < -0.4 is 26.0 Å². The van der Waals surface area contributed by atoms with Crippen molar-refractivity contribution >= 4 is 34.6 Å². The number of hydrogen-bond acceptors (Lipinski definition) is 9. The van der Waals surface area contributed by atoms with E-state index in [1.807, 2.05) is 30.3 Å². The van der Waals surface area contributed by atoms with Crippen LogP contribution in [-0.2, 0) is 4.74 Å². The molecule has 0 spiro atoms. The van der Waals surface area contributed by atoms with Crippen molar-refractivity contribution in [2.75, 3.05) is 80.0 Å². The molecule has 0 bridgehead atoms. The van der Waals surface area contributed by atoms with Gasteiger partial charge in [0.1, 0.15) is 5.56 Å². The predicted molar refractivity (Wildman–Crippen MR) is 140 cm³/mol. The largest absolute Gasteiger partial charge is 0.378 e. The summed E-state index contributed by atoms with van der Waals surface area (Å²) < 4.78 is 5.37. The molecule has 2 fully saturated rings. The lowest BCUT2D eigenvalue weighted by atomic mass is 10.2. The van der Waals surface area contributed by atoms with Crippen molar-refractivity contribution in [2.45, 2.75) is 0 Å². The van der Waals surface area contributed by atoms with Crippen LogP contribution in [0.25, 0.3) is 0 Å². The summed E-state index contributed by atoms with van der Waals surface area (Å²) in [4.78, 5) is 35.0. The number of H-pyrrole nitrogens is 1. The molecular formula is C25H30N8O3. The number of morpholine rings is 1. The number of nitrogens with one attached hydrogen (secondary N) is 3. The number of aromatic amines is 1. The highest BCUT2D eigenvalue weighted by Crippen LogP contribution is 2.22. The molecule has 188 valence electrons. The minimum atomic E-state index is -0.510. The maximum atomic E-state index is 13.1. The number of nitrogens with zero attached hydrogens (tertiary/aromatic N) is 5. The quantitative estimate of drug-likeness (QED) is 0.475. The molecule has 0 aliphatic carbocycles. The first kappa shape index (κ1) is 23.8. The van der Waals surface area contributed by atoms with E-state index < -0.39 is 11.5 Å². The van der Waals surface area contributed by atoms with Gasteiger partial charge in [-0.3, -0.25) is 9.59 Å². The Morgan fingerprint density at radius 2 is 1.67 bits per heavy atom. The highest BCUT2D eigenvalue weighted by molar-refractivity contribution is 6.08. The van der Waals surface area contributed by atoms with Crippen molar-refractivity contribution in [3.05, 3.63) is 64.6 Å². The highest BCUT2D eigenvalue weighted by atomic mass is 16.5.